The van der Waals surface area contributed by atoms with Crippen molar-refractivity contribution in [3.05, 3.63) is 64.3 Å². The van der Waals surface area contributed by atoms with Crippen LogP contribution in [0, 0.1) is 0 Å². The van der Waals surface area contributed by atoms with Crippen LogP contribution in [0.2, 0.25) is 4.34 Å². The topological polar surface area (TPSA) is 88.5 Å². The minimum Gasteiger partial charge on any atom is -0.347 e. The number of carbonyl (C=O) groups is 1. The zero-order chi connectivity index (χ0) is 30.2. The summed E-state index contributed by atoms with van der Waals surface area (Å²) in [6.45, 7) is 16.7. The number of aromatic amines is 1. The van der Waals surface area contributed by atoms with Gasteiger partial charge in [0, 0.05) is 30.8 Å². The largest absolute Gasteiger partial charge is 0.347 e. The number of nitrogens with zero attached hydrogens (tertiary/aromatic N) is 4. The first-order valence-corrected chi connectivity index (χ1v) is 15.1. The van der Waals surface area contributed by atoms with Crippen molar-refractivity contribution in [1.82, 2.24) is 30.0 Å². The fourth-order valence-electron chi connectivity index (χ4n) is 3.74. The third-order valence-corrected chi connectivity index (χ3v) is 6.64. The number of hydrogen-bond donors (Lipinski definition) is 2. The Labute approximate surface area is 245 Å². The van der Waals surface area contributed by atoms with Crippen LogP contribution in [-0.2, 0) is 13.0 Å². The number of H-pyrrole nitrogens is 1. The Morgan fingerprint density at radius 2 is 1.73 bits per heavy atom. The van der Waals surface area contributed by atoms with Gasteiger partial charge in [0.1, 0.15) is 26.6 Å². The fourth-order valence-corrected chi connectivity index (χ4v) is 4.90. The van der Waals surface area contributed by atoms with Crippen molar-refractivity contribution >= 4 is 28.8 Å². The number of thiazole rings is 1. The molecular weight excluding hydrogens is 554 g/mol. The smallest absolute Gasteiger partial charge is 0.282 e. The van der Waals surface area contributed by atoms with E-state index in [-0.39, 0.29) is 27.0 Å². The first kappa shape index (κ1) is 34.9. The molecule has 3 aromatic heterocycles. The van der Waals surface area contributed by atoms with Gasteiger partial charge in [-0.25, -0.2) is 18.7 Å². The number of amides is 1. The Hall–Kier alpha value is -3.11. The Balaban J connectivity index is 0.000000921. The number of rotatable bonds is 5. The number of imidazole rings is 1. The molecule has 0 fully saturated rings. The number of carbonyl (C=O) groups excluding carboxylic acids is 1. The highest BCUT2D eigenvalue weighted by Crippen LogP contribution is 2.37. The lowest BCUT2D eigenvalue weighted by molar-refractivity contribution is 0.0926. The lowest BCUT2D eigenvalue weighted by Crippen LogP contribution is -2.40. The van der Waals surface area contributed by atoms with E-state index in [1.165, 1.54) is 6.20 Å². The van der Waals surface area contributed by atoms with Crippen LogP contribution in [0.4, 0.5) is 8.78 Å². The number of hydrogen-bond acceptors (Lipinski definition) is 5. The van der Waals surface area contributed by atoms with E-state index in [0.717, 1.165) is 41.4 Å². The number of fused-ring (bicyclic) bond motifs is 1. The summed E-state index contributed by atoms with van der Waals surface area (Å²) < 4.78 is 28.1. The molecule has 4 aromatic rings. The second kappa shape index (κ2) is 18.3. The van der Waals surface area contributed by atoms with E-state index in [9.17, 15) is 13.6 Å². The summed E-state index contributed by atoms with van der Waals surface area (Å²) in [5.74, 6) is 0.522. The fraction of sp³-hybridized carbons (Fsp3) is 0.448. The average molecular weight is 595 g/mol. The molecule has 1 aromatic carbocycles. The van der Waals surface area contributed by atoms with Crippen LogP contribution in [-0.4, -0.2) is 36.7 Å². The summed E-state index contributed by atoms with van der Waals surface area (Å²) in [6.07, 6.45) is 1.96. The van der Waals surface area contributed by atoms with Crippen molar-refractivity contribution in [2.75, 3.05) is 0 Å². The van der Waals surface area contributed by atoms with Gasteiger partial charge in [0.25, 0.3) is 12.3 Å². The minimum atomic E-state index is -2.79. The van der Waals surface area contributed by atoms with E-state index in [4.69, 9.17) is 16.6 Å². The maximum atomic E-state index is 13.0. The van der Waals surface area contributed by atoms with Gasteiger partial charge in [-0.05, 0) is 6.42 Å². The Bertz CT molecular complexity index is 1270. The van der Waals surface area contributed by atoms with E-state index in [2.05, 4.69) is 25.1 Å². The summed E-state index contributed by atoms with van der Waals surface area (Å²) in [4.78, 5) is 21.5. The van der Waals surface area contributed by atoms with Crippen molar-refractivity contribution in [2.45, 2.75) is 87.2 Å². The lowest BCUT2D eigenvalue weighted by Gasteiger charge is -2.24. The maximum absolute atomic E-state index is 13.0. The van der Waals surface area contributed by atoms with E-state index >= 15 is 0 Å². The van der Waals surface area contributed by atoms with Crippen molar-refractivity contribution in [3.8, 4) is 21.8 Å². The highest BCUT2D eigenvalue weighted by atomic mass is 35.5. The number of halogens is 3. The van der Waals surface area contributed by atoms with E-state index < -0.39 is 12.1 Å². The molecule has 0 saturated carbocycles. The van der Waals surface area contributed by atoms with Crippen molar-refractivity contribution < 1.29 is 13.6 Å². The second-order valence-electron chi connectivity index (χ2n) is 7.40. The molecule has 1 aliphatic rings. The number of alkyl halides is 2. The normalized spacial score (nSPS) is 13.2. The summed E-state index contributed by atoms with van der Waals surface area (Å²) in [5, 5.41) is 9.77. The van der Waals surface area contributed by atoms with Gasteiger partial charge in [-0.15, -0.1) is 11.3 Å². The molecule has 40 heavy (non-hydrogen) atoms. The first-order valence-electron chi connectivity index (χ1n) is 13.9. The predicted octanol–water partition coefficient (Wildman–Crippen LogP) is 8.84. The highest BCUT2D eigenvalue weighted by molar-refractivity contribution is 7.19. The van der Waals surface area contributed by atoms with Gasteiger partial charge in [0.05, 0.1) is 17.5 Å². The third kappa shape index (κ3) is 8.69. The molecule has 4 heterocycles. The molecule has 1 aliphatic heterocycles. The zero-order valence-corrected chi connectivity index (χ0v) is 26.1. The minimum absolute atomic E-state index is 0.101. The molecule has 220 valence electrons. The van der Waals surface area contributed by atoms with Gasteiger partial charge in [0.2, 0.25) is 0 Å². The summed E-state index contributed by atoms with van der Waals surface area (Å²) in [5.41, 5.74) is 1.95. The van der Waals surface area contributed by atoms with Crippen LogP contribution in [0.3, 0.4) is 0 Å². The molecule has 5 rings (SSSR count). The predicted molar refractivity (Wildman–Crippen MR) is 162 cm³/mol. The van der Waals surface area contributed by atoms with Gasteiger partial charge in [-0.1, -0.05) is 97.3 Å². The van der Waals surface area contributed by atoms with Gasteiger partial charge in [-0.3, -0.25) is 9.89 Å². The van der Waals surface area contributed by atoms with Crippen LogP contribution < -0.4 is 5.32 Å². The molecule has 0 radical (unpaired) electrons. The molecule has 7 nitrogen and oxygen atoms in total. The molecule has 0 bridgehead atoms. The molecule has 1 amide bonds. The monoisotopic (exact) mass is 594 g/mol. The summed E-state index contributed by atoms with van der Waals surface area (Å²) >= 11 is 6.76. The standard InChI is InChI=1S/C21H17ClF2N6OS.4C2H6/c22-18-17(19(23)24)28-21(32-18)13-9-25-29-16(13)20(31)26-12-6-7-30-10-14(27-15(30)8-12)11-4-2-1-3-5-11;4*1-2/h1-5,9-10,12,19H,6-8H2,(H,25,29)(H,26,31);4*1-2H3. The molecule has 1 unspecified atom stereocenters. The number of aromatic nitrogens is 5. The average Bonchev–Trinajstić information content (AvgIpc) is 3.76. The quantitative estimate of drug-likeness (QED) is 0.241. The van der Waals surface area contributed by atoms with Gasteiger partial charge in [0.15, 0.2) is 0 Å². The van der Waals surface area contributed by atoms with Crippen LogP contribution >= 0.6 is 22.9 Å². The van der Waals surface area contributed by atoms with Gasteiger partial charge >= 0.3 is 0 Å². The molecular formula is C29H41ClF2N6OS. The van der Waals surface area contributed by atoms with Crippen molar-refractivity contribution in [3.63, 3.8) is 0 Å². The lowest BCUT2D eigenvalue weighted by atomic mass is 10.1. The molecule has 0 saturated heterocycles. The number of nitrogens with one attached hydrogen (secondary N) is 2. The van der Waals surface area contributed by atoms with E-state index in [0.29, 0.717) is 12.0 Å². The molecule has 1 atom stereocenters. The van der Waals surface area contributed by atoms with E-state index in [1.807, 2.05) is 91.9 Å². The van der Waals surface area contributed by atoms with Gasteiger partial charge in [-0.2, -0.15) is 5.10 Å². The summed E-state index contributed by atoms with van der Waals surface area (Å²) in [6, 6.07) is 9.81. The van der Waals surface area contributed by atoms with E-state index in [1.54, 1.807) is 0 Å². The molecule has 2 N–H and O–H groups in total. The molecule has 0 spiro atoms. The Kier molecular flexibility index (Phi) is 16.0. The maximum Gasteiger partial charge on any atom is 0.282 e. The van der Waals surface area contributed by atoms with Crippen LogP contribution in [0.15, 0.2) is 42.7 Å². The van der Waals surface area contributed by atoms with Crippen LogP contribution in [0.25, 0.3) is 21.8 Å². The second-order valence-corrected chi connectivity index (χ2v) is 9.00. The summed E-state index contributed by atoms with van der Waals surface area (Å²) in [7, 11) is 0. The highest BCUT2D eigenvalue weighted by Gasteiger charge is 2.27. The number of benzene rings is 1. The van der Waals surface area contributed by atoms with Crippen LogP contribution in [0.5, 0.6) is 0 Å². The number of aryl methyl sites for hydroxylation is 1. The zero-order valence-electron chi connectivity index (χ0n) is 24.6. The van der Waals surface area contributed by atoms with Crippen molar-refractivity contribution in [1.29, 1.82) is 0 Å². The molecule has 0 aliphatic carbocycles. The van der Waals surface area contributed by atoms with Gasteiger partial charge < -0.3 is 9.88 Å². The first-order chi connectivity index (χ1) is 19.5. The molecule has 11 heteroatoms. The van der Waals surface area contributed by atoms with Crippen LogP contribution in [0.1, 0.15) is 90.2 Å². The SMILES string of the molecule is CC.CC.CC.CC.O=C(NC1CCn2cc(-c3ccccc3)nc2C1)c1[nH]ncc1-c1nc(C(F)F)c(Cl)s1. The Morgan fingerprint density at radius 3 is 2.33 bits per heavy atom. The third-order valence-electron chi connectivity index (χ3n) is 5.32. The Morgan fingerprint density at radius 1 is 1.07 bits per heavy atom. The van der Waals surface area contributed by atoms with Crippen molar-refractivity contribution in [2.24, 2.45) is 0 Å².